The van der Waals surface area contributed by atoms with Gasteiger partial charge in [-0.2, -0.15) is 0 Å². The number of aromatic nitrogens is 2. The third-order valence-corrected chi connectivity index (χ3v) is 5.80. The van der Waals surface area contributed by atoms with E-state index in [0.717, 1.165) is 56.4 Å². The van der Waals surface area contributed by atoms with E-state index in [-0.39, 0.29) is 5.91 Å². The van der Waals surface area contributed by atoms with Crippen molar-refractivity contribution in [3.63, 3.8) is 0 Å². The Morgan fingerprint density at radius 1 is 1.07 bits per heavy atom. The second-order valence-electron chi connectivity index (χ2n) is 7.72. The summed E-state index contributed by atoms with van der Waals surface area (Å²) in [5.41, 5.74) is 1.72. The van der Waals surface area contributed by atoms with E-state index in [9.17, 15) is 4.79 Å². The molecule has 4 rings (SSSR count). The average molecular weight is 400 g/mol. The number of hydrogen-bond acceptors (Lipinski definition) is 5. The van der Waals surface area contributed by atoms with E-state index in [0.29, 0.717) is 17.4 Å². The fourth-order valence-corrected chi connectivity index (χ4v) is 4.17. The van der Waals surface area contributed by atoms with Crippen LogP contribution in [0.5, 0.6) is 0 Å². The van der Waals surface area contributed by atoms with Crippen molar-refractivity contribution in [2.45, 2.75) is 19.8 Å². The Morgan fingerprint density at radius 2 is 1.79 bits per heavy atom. The molecule has 0 bridgehead atoms. The first-order valence-corrected chi connectivity index (χ1v) is 10.3. The first-order chi connectivity index (χ1) is 13.6. The number of amides is 1. The van der Waals surface area contributed by atoms with Crippen molar-refractivity contribution in [3.05, 3.63) is 47.2 Å². The maximum Gasteiger partial charge on any atom is 0.257 e. The van der Waals surface area contributed by atoms with E-state index in [1.165, 1.54) is 6.42 Å². The van der Waals surface area contributed by atoms with Gasteiger partial charge < -0.3 is 14.7 Å². The predicted molar refractivity (Wildman–Crippen MR) is 112 cm³/mol. The molecule has 0 aliphatic carbocycles. The minimum Gasteiger partial charge on any atom is -0.368 e. The molecule has 7 heteroatoms. The van der Waals surface area contributed by atoms with Gasteiger partial charge in [-0.15, -0.1) is 0 Å². The Morgan fingerprint density at radius 3 is 2.46 bits per heavy atom. The molecule has 0 saturated carbocycles. The Bertz CT molecular complexity index is 820. The number of halogens is 1. The van der Waals surface area contributed by atoms with E-state index in [1.807, 2.05) is 23.1 Å². The van der Waals surface area contributed by atoms with Gasteiger partial charge in [-0.3, -0.25) is 4.79 Å². The van der Waals surface area contributed by atoms with E-state index in [4.69, 9.17) is 11.6 Å². The molecule has 1 aromatic heterocycles. The van der Waals surface area contributed by atoms with Crippen LogP contribution in [0, 0.1) is 5.92 Å². The highest BCUT2D eigenvalue weighted by Gasteiger charge is 2.24. The summed E-state index contributed by atoms with van der Waals surface area (Å²) in [6.45, 7) is 7.30. The summed E-state index contributed by atoms with van der Waals surface area (Å²) in [5.74, 6) is 1.30. The Kier molecular flexibility index (Phi) is 5.67. The maximum absolute atomic E-state index is 12.7. The monoisotopic (exact) mass is 399 g/mol. The molecule has 2 aromatic rings. The fraction of sp³-hybridized carbons (Fsp3) is 0.476. The topological polar surface area (TPSA) is 52.6 Å². The number of carbonyl (C=O) groups excluding carboxylic acids is 1. The summed E-state index contributed by atoms with van der Waals surface area (Å²) in [4.78, 5) is 28.0. The number of piperazine rings is 1. The molecule has 0 radical (unpaired) electrons. The van der Waals surface area contributed by atoms with Gasteiger partial charge in [-0.05, 0) is 37.0 Å². The number of likely N-dealkylation sites (tertiary alicyclic amines) is 1. The van der Waals surface area contributed by atoms with Crippen LogP contribution in [0.1, 0.15) is 30.1 Å². The zero-order valence-electron chi connectivity index (χ0n) is 16.2. The minimum atomic E-state index is 0.0453. The maximum atomic E-state index is 12.7. The summed E-state index contributed by atoms with van der Waals surface area (Å²) in [7, 11) is 0. The smallest absolute Gasteiger partial charge is 0.257 e. The van der Waals surface area contributed by atoms with Crippen molar-refractivity contribution in [1.82, 2.24) is 14.9 Å². The molecule has 3 heterocycles. The molecule has 148 valence electrons. The van der Waals surface area contributed by atoms with Crippen molar-refractivity contribution in [1.29, 1.82) is 0 Å². The average Bonchev–Trinajstić information content (AvgIpc) is 2.73. The van der Waals surface area contributed by atoms with Crippen LogP contribution in [0.4, 0.5) is 11.6 Å². The van der Waals surface area contributed by atoms with Crippen molar-refractivity contribution in [2.75, 3.05) is 49.1 Å². The highest BCUT2D eigenvalue weighted by atomic mass is 35.5. The van der Waals surface area contributed by atoms with Gasteiger partial charge in [0.15, 0.2) is 0 Å². The Labute approximate surface area is 171 Å². The molecule has 2 fully saturated rings. The number of piperidine rings is 1. The zero-order valence-corrected chi connectivity index (χ0v) is 17.0. The van der Waals surface area contributed by atoms with Gasteiger partial charge in [-0.1, -0.05) is 24.6 Å². The lowest BCUT2D eigenvalue weighted by Crippen LogP contribution is -2.47. The van der Waals surface area contributed by atoms with E-state index >= 15 is 0 Å². The number of rotatable bonds is 3. The number of nitrogens with zero attached hydrogens (tertiary/aromatic N) is 5. The summed E-state index contributed by atoms with van der Waals surface area (Å²) >= 11 is 6.10. The van der Waals surface area contributed by atoms with Crippen molar-refractivity contribution >= 4 is 29.1 Å². The lowest BCUT2D eigenvalue weighted by Gasteiger charge is -2.36. The Hall–Kier alpha value is -2.34. The normalized spacial score (nSPS) is 20.4. The first-order valence-electron chi connectivity index (χ1n) is 9.97. The van der Waals surface area contributed by atoms with Crippen LogP contribution in [0.25, 0.3) is 0 Å². The SMILES string of the molecule is CC1CCCN(C(=O)c2cnc(N3CCN(c4cccc(Cl)c4)CC3)nc2)C1. The summed E-state index contributed by atoms with van der Waals surface area (Å²) in [6.07, 6.45) is 5.61. The summed E-state index contributed by atoms with van der Waals surface area (Å²) in [6, 6.07) is 7.95. The van der Waals surface area contributed by atoms with Crippen molar-refractivity contribution < 1.29 is 4.79 Å². The molecule has 1 amide bonds. The highest BCUT2D eigenvalue weighted by Crippen LogP contribution is 2.22. The number of carbonyl (C=O) groups is 1. The number of anilines is 2. The van der Waals surface area contributed by atoms with Gasteiger partial charge in [0, 0.05) is 62.4 Å². The van der Waals surface area contributed by atoms with Gasteiger partial charge >= 0.3 is 0 Å². The van der Waals surface area contributed by atoms with E-state index in [2.05, 4.69) is 32.8 Å². The quantitative estimate of drug-likeness (QED) is 0.792. The van der Waals surface area contributed by atoms with Crippen molar-refractivity contribution in [2.24, 2.45) is 5.92 Å². The molecule has 0 N–H and O–H groups in total. The second kappa shape index (κ2) is 8.35. The van der Waals surface area contributed by atoms with Crippen molar-refractivity contribution in [3.8, 4) is 0 Å². The van der Waals surface area contributed by atoms with Crippen LogP contribution in [0.2, 0.25) is 5.02 Å². The van der Waals surface area contributed by atoms with Gasteiger partial charge in [0.2, 0.25) is 5.95 Å². The van der Waals surface area contributed by atoms with Gasteiger partial charge in [0.1, 0.15) is 0 Å². The molecule has 1 unspecified atom stereocenters. The summed E-state index contributed by atoms with van der Waals surface area (Å²) < 4.78 is 0. The molecule has 1 aromatic carbocycles. The second-order valence-corrected chi connectivity index (χ2v) is 8.16. The highest BCUT2D eigenvalue weighted by molar-refractivity contribution is 6.30. The third kappa shape index (κ3) is 4.22. The standard InChI is InChI=1S/C21H26ClN5O/c1-16-4-3-7-27(15-16)20(28)17-13-23-21(24-14-17)26-10-8-25(9-11-26)19-6-2-5-18(22)12-19/h2,5-6,12-14,16H,3-4,7-11,15H2,1H3. The fourth-order valence-electron chi connectivity index (χ4n) is 3.99. The molecule has 2 aliphatic heterocycles. The molecule has 1 atom stereocenters. The molecule has 0 spiro atoms. The lowest BCUT2D eigenvalue weighted by molar-refractivity contribution is 0.0682. The molecule has 2 aliphatic rings. The Balaban J connectivity index is 1.36. The minimum absolute atomic E-state index is 0.0453. The third-order valence-electron chi connectivity index (χ3n) is 5.57. The van der Waals surface area contributed by atoms with Crippen LogP contribution in [0.15, 0.2) is 36.7 Å². The van der Waals surface area contributed by atoms with Gasteiger partial charge in [-0.25, -0.2) is 9.97 Å². The van der Waals surface area contributed by atoms with Gasteiger partial charge in [0.05, 0.1) is 5.56 Å². The molecular formula is C21H26ClN5O. The van der Waals surface area contributed by atoms with Crippen LogP contribution in [0.3, 0.4) is 0 Å². The lowest BCUT2D eigenvalue weighted by atomic mass is 10.00. The van der Waals surface area contributed by atoms with Crippen LogP contribution >= 0.6 is 11.6 Å². The molecule has 2 saturated heterocycles. The predicted octanol–water partition coefficient (Wildman–Crippen LogP) is 3.33. The van der Waals surface area contributed by atoms with Crippen LogP contribution < -0.4 is 9.80 Å². The summed E-state index contributed by atoms with van der Waals surface area (Å²) in [5, 5.41) is 0.756. The van der Waals surface area contributed by atoms with E-state index < -0.39 is 0 Å². The molecular weight excluding hydrogens is 374 g/mol. The molecule has 6 nitrogen and oxygen atoms in total. The van der Waals surface area contributed by atoms with E-state index in [1.54, 1.807) is 12.4 Å². The first kappa shape index (κ1) is 19.0. The van der Waals surface area contributed by atoms with Crippen LogP contribution in [-0.2, 0) is 0 Å². The van der Waals surface area contributed by atoms with Gasteiger partial charge in [0.25, 0.3) is 5.91 Å². The largest absolute Gasteiger partial charge is 0.368 e. The zero-order chi connectivity index (χ0) is 19.5. The number of benzene rings is 1. The number of hydrogen-bond donors (Lipinski definition) is 0. The molecule has 28 heavy (non-hydrogen) atoms. The van der Waals surface area contributed by atoms with Crippen LogP contribution in [-0.4, -0.2) is 60.0 Å².